The summed E-state index contributed by atoms with van der Waals surface area (Å²) in [7, 11) is 0. The molecule has 0 radical (unpaired) electrons. The number of thiazole rings is 1. The van der Waals surface area contributed by atoms with Gasteiger partial charge in [-0.3, -0.25) is 14.6 Å². The highest BCUT2D eigenvalue weighted by Gasteiger charge is 2.32. The Balaban J connectivity index is 1.84. The van der Waals surface area contributed by atoms with E-state index in [1.807, 2.05) is 40.1 Å². The Morgan fingerprint density at radius 1 is 1.23 bits per heavy atom. The molecule has 1 aliphatic heterocycles. The van der Waals surface area contributed by atoms with Crippen molar-refractivity contribution in [1.82, 2.24) is 14.8 Å². The lowest BCUT2D eigenvalue weighted by molar-refractivity contribution is -0.133. The van der Waals surface area contributed by atoms with E-state index in [1.54, 1.807) is 18.6 Å². The standard InChI is InChI=1S/C16H17N3O2S/c1-12(20)19-8-7-18(16(21)15-9-17-11-22-15)10-14(19)13-5-3-2-4-6-13/h2-6,9,11,14H,7-8,10H2,1H3/t14-/m0/s1. The van der Waals surface area contributed by atoms with E-state index in [-0.39, 0.29) is 17.9 Å². The Hall–Kier alpha value is -2.21. The van der Waals surface area contributed by atoms with Gasteiger partial charge in [0.1, 0.15) is 4.88 Å². The van der Waals surface area contributed by atoms with Gasteiger partial charge in [-0.1, -0.05) is 30.3 Å². The van der Waals surface area contributed by atoms with Crippen LogP contribution in [0.2, 0.25) is 0 Å². The number of carbonyl (C=O) groups excluding carboxylic acids is 2. The monoisotopic (exact) mass is 315 g/mol. The summed E-state index contributed by atoms with van der Waals surface area (Å²) in [5.74, 6) is 0.0328. The van der Waals surface area contributed by atoms with Gasteiger partial charge in [-0.25, -0.2) is 0 Å². The molecule has 0 aliphatic carbocycles. The number of hydrogen-bond acceptors (Lipinski definition) is 4. The van der Waals surface area contributed by atoms with Crippen LogP contribution in [0.4, 0.5) is 0 Å². The van der Waals surface area contributed by atoms with E-state index in [1.165, 1.54) is 11.3 Å². The fraction of sp³-hybridized carbons (Fsp3) is 0.312. The van der Waals surface area contributed by atoms with E-state index in [0.29, 0.717) is 24.5 Å². The van der Waals surface area contributed by atoms with Crippen molar-refractivity contribution in [3.63, 3.8) is 0 Å². The maximum atomic E-state index is 12.5. The van der Waals surface area contributed by atoms with Gasteiger partial charge >= 0.3 is 0 Å². The second-order valence-electron chi connectivity index (χ2n) is 5.26. The molecule has 1 atom stereocenters. The summed E-state index contributed by atoms with van der Waals surface area (Å²) in [5.41, 5.74) is 2.72. The van der Waals surface area contributed by atoms with Crippen LogP contribution >= 0.6 is 11.3 Å². The molecule has 0 saturated carbocycles. The van der Waals surface area contributed by atoms with Crippen LogP contribution in [0.3, 0.4) is 0 Å². The van der Waals surface area contributed by atoms with Crippen molar-refractivity contribution in [2.24, 2.45) is 0 Å². The third-order valence-electron chi connectivity index (χ3n) is 3.90. The first kappa shape index (κ1) is 14.7. The van der Waals surface area contributed by atoms with Crippen molar-refractivity contribution in [2.45, 2.75) is 13.0 Å². The molecule has 1 saturated heterocycles. The van der Waals surface area contributed by atoms with Crippen molar-refractivity contribution < 1.29 is 9.59 Å². The highest BCUT2D eigenvalue weighted by atomic mass is 32.1. The van der Waals surface area contributed by atoms with Gasteiger partial charge in [0.2, 0.25) is 5.91 Å². The van der Waals surface area contributed by atoms with Crippen molar-refractivity contribution in [1.29, 1.82) is 0 Å². The van der Waals surface area contributed by atoms with E-state index >= 15 is 0 Å². The first-order valence-electron chi connectivity index (χ1n) is 7.16. The van der Waals surface area contributed by atoms with Crippen LogP contribution in [0.1, 0.15) is 28.2 Å². The molecule has 1 fully saturated rings. The quantitative estimate of drug-likeness (QED) is 0.853. The number of amides is 2. The summed E-state index contributed by atoms with van der Waals surface area (Å²) in [6.07, 6.45) is 1.60. The Morgan fingerprint density at radius 2 is 2.00 bits per heavy atom. The summed E-state index contributed by atoms with van der Waals surface area (Å²) >= 11 is 1.35. The van der Waals surface area contributed by atoms with Crippen LogP contribution < -0.4 is 0 Å². The highest BCUT2D eigenvalue weighted by molar-refractivity contribution is 7.11. The van der Waals surface area contributed by atoms with Crippen LogP contribution in [0.25, 0.3) is 0 Å². The van der Waals surface area contributed by atoms with Crippen LogP contribution in [0.15, 0.2) is 42.0 Å². The van der Waals surface area contributed by atoms with Gasteiger partial charge in [0.15, 0.2) is 0 Å². The SMILES string of the molecule is CC(=O)N1CCN(C(=O)c2cncs2)C[C@H]1c1ccccc1. The van der Waals surface area contributed by atoms with Crippen LogP contribution in [-0.2, 0) is 4.79 Å². The average Bonchev–Trinajstić information content (AvgIpc) is 3.09. The number of aromatic nitrogens is 1. The average molecular weight is 315 g/mol. The van der Waals surface area contributed by atoms with E-state index in [4.69, 9.17) is 0 Å². The van der Waals surface area contributed by atoms with Crippen LogP contribution in [-0.4, -0.2) is 46.2 Å². The van der Waals surface area contributed by atoms with Gasteiger partial charge in [0.05, 0.1) is 17.7 Å². The maximum absolute atomic E-state index is 12.5. The zero-order valence-corrected chi connectivity index (χ0v) is 13.1. The van der Waals surface area contributed by atoms with Crippen LogP contribution in [0, 0.1) is 0 Å². The molecule has 6 heteroatoms. The highest BCUT2D eigenvalue weighted by Crippen LogP contribution is 2.26. The van der Waals surface area contributed by atoms with Gasteiger partial charge in [0, 0.05) is 26.6 Å². The number of hydrogen-bond donors (Lipinski definition) is 0. The predicted octanol–water partition coefficient (Wildman–Crippen LogP) is 2.19. The van der Waals surface area contributed by atoms with Gasteiger partial charge < -0.3 is 9.80 Å². The number of nitrogens with zero attached hydrogens (tertiary/aromatic N) is 3. The van der Waals surface area contributed by atoms with Crippen molar-refractivity contribution in [2.75, 3.05) is 19.6 Å². The molecule has 1 aromatic carbocycles. The molecule has 114 valence electrons. The molecule has 0 N–H and O–H groups in total. The molecule has 0 spiro atoms. The lowest BCUT2D eigenvalue weighted by atomic mass is 10.0. The van der Waals surface area contributed by atoms with E-state index in [2.05, 4.69) is 4.98 Å². The normalized spacial score (nSPS) is 18.3. The number of carbonyl (C=O) groups is 2. The summed E-state index contributed by atoms with van der Waals surface area (Å²) in [4.78, 5) is 32.7. The minimum atomic E-state index is -0.0932. The largest absolute Gasteiger partial charge is 0.334 e. The lowest BCUT2D eigenvalue weighted by Gasteiger charge is -2.41. The van der Waals surface area contributed by atoms with Crippen molar-refractivity contribution in [3.05, 3.63) is 52.5 Å². The fourth-order valence-electron chi connectivity index (χ4n) is 2.78. The molecular weight excluding hydrogens is 298 g/mol. The summed E-state index contributed by atoms with van der Waals surface area (Å²) in [6, 6.07) is 9.77. The lowest BCUT2D eigenvalue weighted by Crippen LogP contribution is -2.51. The molecule has 1 aliphatic rings. The molecule has 0 bridgehead atoms. The first-order valence-corrected chi connectivity index (χ1v) is 8.04. The Labute approximate surface area is 133 Å². The minimum Gasteiger partial charge on any atom is -0.334 e. The molecule has 22 heavy (non-hydrogen) atoms. The predicted molar refractivity (Wildman–Crippen MR) is 84.6 cm³/mol. The van der Waals surface area contributed by atoms with Gasteiger partial charge in [0.25, 0.3) is 5.91 Å². The van der Waals surface area contributed by atoms with E-state index < -0.39 is 0 Å². The molecule has 1 aromatic heterocycles. The molecule has 0 unspecified atom stereocenters. The number of benzene rings is 1. The first-order chi connectivity index (χ1) is 10.7. The van der Waals surface area contributed by atoms with E-state index in [9.17, 15) is 9.59 Å². The van der Waals surface area contributed by atoms with Crippen molar-refractivity contribution in [3.8, 4) is 0 Å². The summed E-state index contributed by atoms with van der Waals surface area (Å²) in [5, 5.41) is 0. The summed E-state index contributed by atoms with van der Waals surface area (Å²) < 4.78 is 0. The molecule has 2 amide bonds. The molecule has 3 rings (SSSR count). The molecular formula is C16H17N3O2S. The molecule has 2 heterocycles. The Kier molecular flexibility index (Phi) is 4.20. The topological polar surface area (TPSA) is 53.5 Å². The number of rotatable bonds is 2. The second kappa shape index (κ2) is 6.27. The Morgan fingerprint density at radius 3 is 2.64 bits per heavy atom. The fourth-order valence-corrected chi connectivity index (χ4v) is 3.37. The second-order valence-corrected chi connectivity index (χ2v) is 6.14. The third kappa shape index (κ3) is 2.87. The van der Waals surface area contributed by atoms with Crippen molar-refractivity contribution >= 4 is 23.2 Å². The zero-order valence-electron chi connectivity index (χ0n) is 12.3. The van der Waals surface area contributed by atoms with E-state index in [0.717, 1.165) is 5.56 Å². The molecule has 5 nitrogen and oxygen atoms in total. The smallest absolute Gasteiger partial charge is 0.265 e. The Bertz CT molecular complexity index is 657. The van der Waals surface area contributed by atoms with Gasteiger partial charge in [-0.05, 0) is 5.56 Å². The molecule has 2 aromatic rings. The maximum Gasteiger partial charge on any atom is 0.265 e. The zero-order chi connectivity index (χ0) is 15.5. The van der Waals surface area contributed by atoms with Gasteiger partial charge in [-0.2, -0.15) is 0 Å². The van der Waals surface area contributed by atoms with Crippen LogP contribution in [0.5, 0.6) is 0 Å². The van der Waals surface area contributed by atoms with Gasteiger partial charge in [-0.15, -0.1) is 11.3 Å². The third-order valence-corrected chi connectivity index (χ3v) is 4.66. The number of piperazine rings is 1. The minimum absolute atomic E-state index is 0.00775. The summed E-state index contributed by atoms with van der Waals surface area (Å²) in [6.45, 7) is 3.20.